The summed E-state index contributed by atoms with van der Waals surface area (Å²) in [5.41, 5.74) is 7.64. The zero-order valence-corrected chi connectivity index (χ0v) is 16.3. The molecule has 140 valence electrons. The van der Waals surface area contributed by atoms with Crippen molar-refractivity contribution in [3.05, 3.63) is 69.5 Å². The number of rotatable bonds is 5. The molecule has 0 fully saturated rings. The number of amidine groups is 1. The van der Waals surface area contributed by atoms with Crippen molar-refractivity contribution in [2.75, 3.05) is 5.32 Å². The average Bonchev–Trinajstić information content (AvgIpc) is 2.65. The lowest BCUT2D eigenvalue weighted by atomic mass is 10.1. The Bertz CT molecular complexity index is 1050. The van der Waals surface area contributed by atoms with E-state index in [4.69, 9.17) is 34.2 Å². The molecule has 0 aliphatic heterocycles. The van der Waals surface area contributed by atoms with Crippen molar-refractivity contribution in [3.8, 4) is 6.07 Å². The maximum Gasteiger partial charge on any atom is 0.256 e. The maximum absolute atomic E-state index is 8.91. The lowest BCUT2D eigenvalue weighted by Gasteiger charge is -2.09. The summed E-state index contributed by atoms with van der Waals surface area (Å²) in [7, 11) is 0. The van der Waals surface area contributed by atoms with Crippen LogP contribution < -0.4 is 11.1 Å². The predicted molar refractivity (Wildman–Crippen MR) is 110 cm³/mol. The summed E-state index contributed by atoms with van der Waals surface area (Å²) in [6.45, 7) is 1.64. The lowest BCUT2D eigenvalue weighted by molar-refractivity contribution is 0.923. The summed E-state index contributed by atoms with van der Waals surface area (Å²) in [4.78, 5) is 17.1. The highest BCUT2D eigenvalue weighted by Crippen LogP contribution is 2.27. The van der Waals surface area contributed by atoms with Gasteiger partial charge in [0.25, 0.3) is 5.95 Å². The smallest absolute Gasteiger partial charge is 0.256 e. The Morgan fingerprint density at radius 3 is 2.39 bits per heavy atom. The fraction of sp³-hybridized carbons (Fsp3) is 0.105. The van der Waals surface area contributed by atoms with Gasteiger partial charge >= 0.3 is 0 Å². The van der Waals surface area contributed by atoms with Crippen LogP contribution in [-0.4, -0.2) is 20.8 Å². The average molecular weight is 412 g/mol. The van der Waals surface area contributed by atoms with Crippen molar-refractivity contribution in [2.24, 2.45) is 10.7 Å². The molecule has 0 spiro atoms. The number of nitriles is 1. The molecule has 3 aromatic rings. The topological polar surface area (TPSA) is 113 Å². The highest BCUT2D eigenvalue weighted by Gasteiger charge is 2.12. The molecule has 0 amide bonds. The second-order valence-corrected chi connectivity index (χ2v) is 6.63. The van der Waals surface area contributed by atoms with Crippen molar-refractivity contribution in [1.82, 2.24) is 15.0 Å². The van der Waals surface area contributed by atoms with E-state index >= 15 is 0 Å². The molecule has 0 saturated heterocycles. The quantitative estimate of drug-likeness (QED) is 0.475. The van der Waals surface area contributed by atoms with Gasteiger partial charge in [0.05, 0.1) is 17.5 Å². The molecule has 0 bridgehead atoms. The second-order valence-electron chi connectivity index (χ2n) is 5.82. The van der Waals surface area contributed by atoms with Gasteiger partial charge in [-0.3, -0.25) is 0 Å². The van der Waals surface area contributed by atoms with Crippen molar-refractivity contribution in [1.29, 1.82) is 5.26 Å². The highest BCUT2D eigenvalue weighted by molar-refractivity contribution is 6.36. The van der Waals surface area contributed by atoms with E-state index in [0.29, 0.717) is 44.9 Å². The summed E-state index contributed by atoms with van der Waals surface area (Å²) in [5, 5.41) is 13.0. The first kappa shape index (κ1) is 19.5. The van der Waals surface area contributed by atoms with Crippen molar-refractivity contribution in [2.45, 2.75) is 13.3 Å². The van der Waals surface area contributed by atoms with Crippen LogP contribution in [-0.2, 0) is 6.42 Å². The number of nitrogens with one attached hydrogen (secondary N) is 1. The highest BCUT2D eigenvalue weighted by atomic mass is 35.5. The molecule has 9 heteroatoms. The van der Waals surface area contributed by atoms with Gasteiger partial charge in [0.1, 0.15) is 5.82 Å². The monoisotopic (exact) mass is 411 g/mol. The van der Waals surface area contributed by atoms with Gasteiger partial charge in [0.2, 0.25) is 5.95 Å². The molecule has 0 atom stereocenters. The van der Waals surface area contributed by atoms with Gasteiger partial charge in [-0.2, -0.15) is 25.2 Å². The van der Waals surface area contributed by atoms with Gasteiger partial charge in [0, 0.05) is 22.2 Å². The Balaban J connectivity index is 1.96. The number of hydrogen-bond acceptors (Lipinski definition) is 6. The lowest BCUT2D eigenvalue weighted by Crippen LogP contribution is -2.08. The van der Waals surface area contributed by atoms with Crippen LogP contribution in [0.1, 0.15) is 23.9 Å². The van der Waals surface area contributed by atoms with Crippen molar-refractivity contribution >= 4 is 46.6 Å². The van der Waals surface area contributed by atoms with Crippen LogP contribution in [0.25, 0.3) is 0 Å². The zero-order chi connectivity index (χ0) is 20.1. The van der Waals surface area contributed by atoms with Crippen LogP contribution in [0.3, 0.4) is 0 Å². The largest absolute Gasteiger partial charge is 0.387 e. The zero-order valence-electron chi connectivity index (χ0n) is 14.8. The molecule has 0 aliphatic carbocycles. The number of aromatic nitrogens is 3. The normalized spacial score (nSPS) is 11.1. The number of benzene rings is 2. The van der Waals surface area contributed by atoms with E-state index in [1.165, 1.54) is 0 Å². The number of aliphatic imine (C=N–C) groups is 1. The maximum atomic E-state index is 8.91. The Kier molecular flexibility index (Phi) is 6.04. The summed E-state index contributed by atoms with van der Waals surface area (Å²) < 4.78 is 0. The third kappa shape index (κ3) is 4.94. The predicted octanol–water partition coefficient (Wildman–Crippen LogP) is 4.39. The van der Waals surface area contributed by atoms with Crippen LogP contribution >= 0.6 is 23.2 Å². The van der Waals surface area contributed by atoms with E-state index in [1.54, 1.807) is 49.4 Å². The van der Waals surface area contributed by atoms with Crippen LogP contribution in [0, 0.1) is 11.3 Å². The molecule has 0 aliphatic rings. The number of anilines is 2. The Morgan fingerprint density at radius 1 is 1.11 bits per heavy atom. The van der Waals surface area contributed by atoms with E-state index in [2.05, 4.69) is 31.3 Å². The molecule has 7 nitrogen and oxygen atoms in total. The summed E-state index contributed by atoms with van der Waals surface area (Å²) >= 11 is 12.5. The van der Waals surface area contributed by atoms with Crippen LogP contribution in [0.2, 0.25) is 10.0 Å². The molecule has 0 radical (unpaired) electrons. The van der Waals surface area contributed by atoms with E-state index in [9.17, 15) is 0 Å². The van der Waals surface area contributed by atoms with E-state index in [-0.39, 0.29) is 11.9 Å². The van der Waals surface area contributed by atoms with Gasteiger partial charge in [-0.1, -0.05) is 29.3 Å². The second kappa shape index (κ2) is 8.65. The summed E-state index contributed by atoms with van der Waals surface area (Å²) in [5.74, 6) is 1.21. The third-order valence-corrected chi connectivity index (χ3v) is 4.32. The van der Waals surface area contributed by atoms with E-state index in [0.717, 1.165) is 0 Å². The molecule has 1 heterocycles. The number of nitrogens with zero attached hydrogens (tertiary/aromatic N) is 5. The fourth-order valence-corrected chi connectivity index (χ4v) is 2.90. The number of nitrogens with two attached hydrogens (primary N) is 1. The van der Waals surface area contributed by atoms with Crippen LogP contribution in [0.5, 0.6) is 0 Å². The first-order valence-electron chi connectivity index (χ1n) is 8.20. The molecule has 2 aromatic carbocycles. The van der Waals surface area contributed by atoms with Gasteiger partial charge in [-0.15, -0.1) is 0 Å². The molecule has 28 heavy (non-hydrogen) atoms. The van der Waals surface area contributed by atoms with Gasteiger partial charge in [-0.25, -0.2) is 0 Å². The fourth-order valence-electron chi connectivity index (χ4n) is 2.37. The number of halogens is 2. The Hall–Kier alpha value is -3.21. The molecular formula is C19H15Cl2N7. The minimum absolute atomic E-state index is 0.171. The summed E-state index contributed by atoms with van der Waals surface area (Å²) in [6, 6.07) is 14.2. The summed E-state index contributed by atoms with van der Waals surface area (Å²) in [6.07, 6.45) is 0.301. The van der Waals surface area contributed by atoms with Gasteiger partial charge in [0.15, 0.2) is 0 Å². The minimum atomic E-state index is 0.171. The van der Waals surface area contributed by atoms with Gasteiger partial charge in [-0.05, 0) is 48.9 Å². The van der Waals surface area contributed by atoms with E-state index < -0.39 is 0 Å². The third-order valence-electron chi connectivity index (χ3n) is 3.61. The Labute approximate surface area is 171 Å². The van der Waals surface area contributed by atoms with Gasteiger partial charge < -0.3 is 11.1 Å². The molecule has 1 aromatic heterocycles. The molecule has 0 saturated carbocycles. The molecule has 0 unspecified atom stereocenters. The van der Waals surface area contributed by atoms with Crippen molar-refractivity contribution < 1.29 is 0 Å². The van der Waals surface area contributed by atoms with Crippen molar-refractivity contribution in [3.63, 3.8) is 0 Å². The standard InChI is InChI=1S/C19H15Cl2N7/c1-11(23)24-18-26-17(9-14-15(20)3-2-4-16(14)21)27-19(28-18)25-13-7-5-12(10-22)6-8-13/h2-8H,9H2,1H3,(H3,23,24,25,26,27,28). The first-order chi connectivity index (χ1) is 13.4. The minimum Gasteiger partial charge on any atom is -0.387 e. The molecule has 3 N–H and O–H groups in total. The number of hydrogen-bond donors (Lipinski definition) is 2. The first-order valence-corrected chi connectivity index (χ1v) is 8.96. The Morgan fingerprint density at radius 2 is 1.79 bits per heavy atom. The molecule has 3 rings (SSSR count). The molecular weight excluding hydrogens is 397 g/mol. The SMILES string of the molecule is CC(N)=Nc1nc(Cc2c(Cl)cccc2Cl)nc(Nc2ccc(C#N)cc2)n1. The van der Waals surface area contributed by atoms with E-state index in [1.807, 2.05) is 0 Å². The van der Waals surface area contributed by atoms with Crippen LogP contribution in [0.15, 0.2) is 47.5 Å². The van der Waals surface area contributed by atoms with Crippen LogP contribution in [0.4, 0.5) is 17.6 Å².